The van der Waals surface area contributed by atoms with Gasteiger partial charge in [-0.2, -0.15) is 0 Å². The molecule has 4 nitrogen and oxygen atoms in total. The van der Waals surface area contributed by atoms with Crippen LogP contribution in [0.15, 0.2) is 0 Å². The van der Waals surface area contributed by atoms with Crippen LogP contribution >= 0.6 is 0 Å². The zero-order valence-electron chi connectivity index (χ0n) is 9.89. The van der Waals surface area contributed by atoms with Gasteiger partial charge in [0.15, 0.2) is 0 Å². The molecule has 0 aromatic carbocycles. The summed E-state index contributed by atoms with van der Waals surface area (Å²) in [6.45, 7) is 3.37. The van der Waals surface area contributed by atoms with Crippen LogP contribution < -0.4 is 0 Å². The number of nitrogens with zero attached hydrogens (tertiary/aromatic N) is 2. The van der Waals surface area contributed by atoms with Crippen molar-refractivity contribution in [2.24, 2.45) is 5.92 Å². The van der Waals surface area contributed by atoms with Crippen molar-refractivity contribution in [3.63, 3.8) is 0 Å². The number of aliphatic hydroxyl groups is 2. The molecule has 0 aromatic heterocycles. The summed E-state index contributed by atoms with van der Waals surface area (Å²) < 4.78 is 0. The van der Waals surface area contributed by atoms with Crippen molar-refractivity contribution in [1.29, 1.82) is 0 Å². The molecule has 4 heteroatoms. The first kappa shape index (κ1) is 12.9. The maximum Gasteiger partial charge on any atom is 0.0609 e. The average Bonchev–Trinajstić information content (AvgIpc) is 2.19. The Bertz CT molecular complexity index is 174. The zero-order valence-corrected chi connectivity index (χ0v) is 9.89. The highest BCUT2D eigenvalue weighted by Crippen LogP contribution is 2.16. The van der Waals surface area contributed by atoms with Crippen molar-refractivity contribution in [1.82, 2.24) is 9.80 Å². The molecule has 0 radical (unpaired) electrons. The van der Waals surface area contributed by atoms with Crippen LogP contribution in [-0.2, 0) is 0 Å². The van der Waals surface area contributed by atoms with E-state index >= 15 is 0 Å². The van der Waals surface area contributed by atoms with Gasteiger partial charge in [0.2, 0.25) is 0 Å². The first-order valence-electron chi connectivity index (χ1n) is 5.78. The largest absolute Gasteiger partial charge is 0.395 e. The van der Waals surface area contributed by atoms with Gasteiger partial charge in [-0.25, -0.2) is 0 Å². The van der Waals surface area contributed by atoms with E-state index < -0.39 is 0 Å². The summed E-state index contributed by atoms with van der Waals surface area (Å²) in [7, 11) is 4.13. The third-order valence-corrected chi connectivity index (χ3v) is 3.31. The summed E-state index contributed by atoms with van der Waals surface area (Å²) in [5.74, 6) is 0.675. The predicted molar refractivity (Wildman–Crippen MR) is 60.8 cm³/mol. The van der Waals surface area contributed by atoms with E-state index in [9.17, 15) is 0 Å². The Hall–Kier alpha value is -0.160. The van der Waals surface area contributed by atoms with Crippen molar-refractivity contribution in [3.8, 4) is 0 Å². The maximum absolute atomic E-state index is 9.07. The lowest BCUT2D eigenvalue weighted by molar-refractivity contribution is 0.0688. The molecule has 15 heavy (non-hydrogen) atoms. The highest BCUT2D eigenvalue weighted by atomic mass is 16.3. The van der Waals surface area contributed by atoms with Gasteiger partial charge in [-0.05, 0) is 39.4 Å². The number of rotatable bonds is 5. The molecule has 1 aliphatic rings. The van der Waals surface area contributed by atoms with E-state index in [1.807, 2.05) is 7.05 Å². The molecule has 2 N–H and O–H groups in total. The molecule has 1 heterocycles. The SMILES string of the molecule is CN1CCCC(CN(C)C(CO)CO)C1. The Labute approximate surface area is 92.5 Å². The molecule has 1 fully saturated rings. The van der Waals surface area contributed by atoms with Gasteiger partial charge in [0.25, 0.3) is 0 Å². The van der Waals surface area contributed by atoms with Crippen LogP contribution in [0.4, 0.5) is 0 Å². The number of likely N-dealkylation sites (tertiary alicyclic amines) is 1. The molecule has 1 saturated heterocycles. The van der Waals surface area contributed by atoms with Crippen LogP contribution in [0, 0.1) is 5.92 Å². The van der Waals surface area contributed by atoms with E-state index in [1.165, 1.54) is 19.4 Å². The molecular weight excluding hydrogens is 192 g/mol. The molecule has 0 aromatic rings. The maximum atomic E-state index is 9.07. The molecule has 1 rings (SSSR count). The Balaban J connectivity index is 2.32. The predicted octanol–water partition coefficient (Wildman–Crippen LogP) is -0.387. The van der Waals surface area contributed by atoms with Crippen molar-refractivity contribution in [2.75, 3.05) is 46.9 Å². The van der Waals surface area contributed by atoms with E-state index in [1.54, 1.807) is 0 Å². The van der Waals surface area contributed by atoms with Gasteiger partial charge in [0.1, 0.15) is 0 Å². The van der Waals surface area contributed by atoms with Gasteiger partial charge in [-0.3, -0.25) is 4.90 Å². The minimum atomic E-state index is -0.0998. The fraction of sp³-hybridized carbons (Fsp3) is 1.00. The molecular formula is C11H24N2O2. The van der Waals surface area contributed by atoms with Gasteiger partial charge in [0, 0.05) is 13.1 Å². The Kier molecular flexibility index (Phi) is 5.53. The van der Waals surface area contributed by atoms with Crippen LogP contribution in [0.5, 0.6) is 0 Å². The first-order valence-corrected chi connectivity index (χ1v) is 5.78. The third kappa shape index (κ3) is 4.07. The van der Waals surface area contributed by atoms with Crippen molar-refractivity contribution >= 4 is 0 Å². The molecule has 0 spiro atoms. The quantitative estimate of drug-likeness (QED) is 0.657. The minimum Gasteiger partial charge on any atom is -0.395 e. The summed E-state index contributed by atoms with van der Waals surface area (Å²) in [4.78, 5) is 4.43. The summed E-state index contributed by atoms with van der Waals surface area (Å²) in [6, 6.07) is -0.0998. The van der Waals surface area contributed by atoms with Crippen LogP contribution in [0.25, 0.3) is 0 Å². The molecule has 1 atom stereocenters. The summed E-state index contributed by atoms with van der Waals surface area (Å²) >= 11 is 0. The van der Waals surface area contributed by atoms with Gasteiger partial charge < -0.3 is 15.1 Å². The monoisotopic (exact) mass is 216 g/mol. The lowest BCUT2D eigenvalue weighted by Gasteiger charge is -2.34. The normalized spacial score (nSPS) is 24.0. The van der Waals surface area contributed by atoms with Gasteiger partial charge in [-0.15, -0.1) is 0 Å². The second-order valence-corrected chi connectivity index (χ2v) is 4.73. The zero-order chi connectivity index (χ0) is 11.3. The second-order valence-electron chi connectivity index (χ2n) is 4.73. The summed E-state index contributed by atoms with van der Waals surface area (Å²) in [6.07, 6.45) is 2.52. The molecule has 1 unspecified atom stereocenters. The van der Waals surface area contributed by atoms with Gasteiger partial charge in [-0.1, -0.05) is 0 Å². The summed E-state index contributed by atoms with van der Waals surface area (Å²) in [5, 5.41) is 18.1. The Morgan fingerprint density at radius 2 is 2.07 bits per heavy atom. The topological polar surface area (TPSA) is 46.9 Å². The molecule has 1 aliphatic heterocycles. The van der Waals surface area contributed by atoms with Crippen LogP contribution in [-0.4, -0.2) is 73.0 Å². The van der Waals surface area contributed by atoms with E-state index in [0.29, 0.717) is 5.92 Å². The van der Waals surface area contributed by atoms with Crippen molar-refractivity contribution < 1.29 is 10.2 Å². The van der Waals surface area contributed by atoms with Gasteiger partial charge in [0.05, 0.1) is 19.3 Å². The first-order chi connectivity index (χ1) is 7.17. The van der Waals surface area contributed by atoms with Crippen LogP contribution in [0.1, 0.15) is 12.8 Å². The minimum absolute atomic E-state index is 0.0373. The van der Waals surface area contributed by atoms with Crippen LogP contribution in [0.2, 0.25) is 0 Å². The Morgan fingerprint density at radius 1 is 1.40 bits per heavy atom. The number of hydrogen-bond acceptors (Lipinski definition) is 4. The number of piperidine rings is 1. The smallest absolute Gasteiger partial charge is 0.0609 e. The molecule has 0 aliphatic carbocycles. The number of likely N-dealkylation sites (N-methyl/N-ethyl adjacent to an activating group) is 1. The molecule has 90 valence electrons. The third-order valence-electron chi connectivity index (χ3n) is 3.31. The van der Waals surface area contributed by atoms with E-state index in [2.05, 4.69) is 16.8 Å². The summed E-state index contributed by atoms with van der Waals surface area (Å²) in [5.41, 5.74) is 0. The highest BCUT2D eigenvalue weighted by Gasteiger charge is 2.21. The average molecular weight is 216 g/mol. The molecule has 0 bridgehead atoms. The van der Waals surface area contributed by atoms with E-state index in [4.69, 9.17) is 10.2 Å². The molecule has 0 amide bonds. The lowest BCUT2D eigenvalue weighted by atomic mass is 9.97. The fourth-order valence-corrected chi connectivity index (χ4v) is 2.32. The van der Waals surface area contributed by atoms with Gasteiger partial charge >= 0.3 is 0 Å². The lowest BCUT2D eigenvalue weighted by Crippen LogP contribution is -2.44. The van der Waals surface area contributed by atoms with Crippen LogP contribution in [0.3, 0.4) is 0 Å². The molecule has 0 saturated carbocycles. The number of hydrogen-bond donors (Lipinski definition) is 2. The van der Waals surface area contributed by atoms with E-state index in [-0.39, 0.29) is 19.3 Å². The second kappa shape index (κ2) is 6.43. The highest BCUT2D eigenvalue weighted by molar-refractivity contribution is 4.76. The van der Waals surface area contributed by atoms with Crippen molar-refractivity contribution in [2.45, 2.75) is 18.9 Å². The van der Waals surface area contributed by atoms with E-state index in [0.717, 1.165) is 13.1 Å². The Morgan fingerprint density at radius 3 is 2.60 bits per heavy atom. The van der Waals surface area contributed by atoms with Crippen molar-refractivity contribution in [3.05, 3.63) is 0 Å². The fourth-order valence-electron chi connectivity index (χ4n) is 2.32. The standard InChI is InChI=1S/C11H24N2O2/c1-12-5-3-4-10(6-12)7-13(2)11(8-14)9-15/h10-11,14-15H,3-9H2,1-2H3. The number of aliphatic hydroxyl groups excluding tert-OH is 2.